The van der Waals surface area contributed by atoms with Crippen LogP contribution in [0, 0.1) is 11.8 Å². The summed E-state index contributed by atoms with van der Waals surface area (Å²) in [4.78, 5) is 13.5. The molecule has 0 heterocycles. The van der Waals surface area contributed by atoms with E-state index in [4.69, 9.17) is 0 Å². The largest absolute Gasteiger partial charge is 0.349 e. The predicted molar refractivity (Wildman–Crippen MR) is 61.1 cm³/mol. The zero-order chi connectivity index (χ0) is 11.1. The van der Waals surface area contributed by atoms with Crippen molar-refractivity contribution in [2.75, 3.05) is 14.1 Å². The summed E-state index contributed by atoms with van der Waals surface area (Å²) >= 11 is 0. The van der Waals surface area contributed by atoms with Crippen LogP contribution in [0.1, 0.15) is 33.6 Å². The van der Waals surface area contributed by atoms with Gasteiger partial charge in [-0.1, -0.05) is 32.9 Å². The summed E-state index contributed by atoms with van der Waals surface area (Å²) < 4.78 is 0. The first-order valence-corrected chi connectivity index (χ1v) is 5.36. The van der Waals surface area contributed by atoms with E-state index in [9.17, 15) is 4.79 Å². The number of carbonyl (C=O) groups excluding carboxylic acids is 1. The first kappa shape index (κ1) is 13.2. The van der Waals surface area contributed by atoms with Crippen LogP contribution in [0.2, 0.25) is 0 Å². The van der Waals surface area contributed by atoms with Gasteiger partial charge in [-0.15, -0.1) is 0 Å². The van der Waals surface area contributed by atoms with Gasteiger partial charge >= 0.3 is 0 Å². The smallest absolute Gasteiger partial charge is 0.225 e. The topological polar surface area (TPSA) is 20.3 Å². The first-order chi connectivity index (χ1) is 6.50. The highest BCUT2D eigenvalue weighted by Crippen LogP contribution is 2.18. The predicted octanol–water partition coefficient (Wildman–Crippen LogP) is 2.70. The number of hydrogen-bond donors (Lipinski definition) is 0. The van der Waals surface area contributed by atoms with Crippen LogP contribution >= 0.6 is 0 Å². The van der Waals surface area contributed by atoms with Crippen molar-refractivity contribution >= 4 is 5.91 Å². The number of allylic oxidation sites excluding steroid dienone is 2. The average Bonchev–Trinajstić information content (AvgIpc) is 2.10. The Bertz CT molecular complexity index is 194. The van der Waals surface area contributed by atoms with E-state index < -0.39 is 0 Å². The maximum atomic E-state index is 11.8. The normalized spacial score (nSPS) is 13.6. The van der Waals surface area contributed by atoms with Crippen LogP contribution in [0.25, 0.3) is 0 Å². The molecule has 0 saturated heterocycles. The molecule has 0 saturated carbocycles. The van der Waals surface area contributed by atoms with E-state index in [1.165, 1.54) is 0 Å². The van der Waals surface area contributed by atoms with Gasteiger partial charge in [0, 0.05) is 20.0 Å². The molecule has 1 amide bonds. The lowest BCUT2D eigenvalue weighted by Gasteiger charge is -2.22. The Kier molecular flexibility index (Phi) is 6.26. The fourth-order valence-corrected chi connectivity index (χ4v) is 1.40. The highest BCUT2D eigenvalue weighted by atomic mass is 16.2. The van der Waals surface area contributed by atoms with Crippen LogP contribution in [-0.2, 0) is 4.79 Å². The van der Waals surface area contributed by atoms with E-state index in [0.29, 0.717) is 5.92 Å². The van der Waals surface area contributed by atoms with Gasteiger partial charge in [0.15, 0.2) is 0 Å². The lowest BCUT2D eigenvalue weighted by Crippen LogP contribution is -2.32. The quantitative estimate of drug-likeness (QED) is 0.621. The van der Waals surface area contributed by atoms with Crippen LogP contribution in [0.15, 0.2) is 12.2 Å². The summed E-state index contributed by atoms with van der Waals surface area (Å²) in [6, 6.07) is 0. The van der Waals surface area contributed by atoms with E-state index in [-0.39, 0.29) is 11.8 Å². The van der Waals surface area contributed by atoms with Crippen LogP contribution in [0.3, 0.4) is 0 Å². The molecule has 0 unspecified atom stereocenters. The number of rotatable bonds is 5. The summed E-state index contributed by atoms with van der Waals surface area (Å²) in [7, 11) is 3.64. The van der Waals surface area contributed by atoms with E-state index in [1.807, 2.05) is 14.1 Å². The van der Waals surface area contributed by atoms with Gasteiger partial charge in [0.1, 0.15) is 0 Å². The van der Waals surface area contributed by atoms with Gasteiger partial charge in [-0.05, 0) is 18.8 Å². The van der Waals surface area contributed by atoms with E-state index >= 15 is 0 Å². The Morgan fingerprint density at radius 3 is 2.21 bits per heavy atom. The van der Waals surface area contributed by atoms with Crippen molar-refractivity contribution in [3.05, 3.63) is 12.2 Å². The lowest BCUT2D eigenvalue weighted by atomic mass is 9.91. The molecule has 14 heavy (non-hydrogen) atoms. The second-order valence-electron chi connectivity index (χ2n) is 4.20. The zero-order valence-electron chi connectivity index (χ0n) is 10.1. The van der Waals surface area contributed by atoms with Crippen molar-refractivity contribution in [1.82, 2.24) is 4.90 Å². The number of hydrogen-bond acceptors (Lipinski definition) is 1. The third-order valence-corrected chi connectivity index (χ3v) is 2.36. The van der Waals surface area contributed by atoms with Gasteiger partial charge in [-0.25, -0.2) is 0 Å². The Balaban J connectivity index is 4.30. The molecular weight excluding hydrogens is 174 g/mol. The Morgan fingerprint density at radius 2 is 1.86 bits per heavy atom. The third kappa shape index (κ3) is 4.45. The maximum absolute atomic E-state index is 11.8. The number of amides is 1. The molecule has 0 spiro atoms. The van der Waals surface area contributed by atoms with Crippen LogP contribution < -0.4 is 0 Å². The summed E-state index contributed by atoms with van der Waals surface area (Å²) in [5.74, 6) is 0.778. The average molecular weight is 197 g/mol. The molecular formula is C12H23NO. The first-order valence-electron chi connectivity index (χ1n) is 5.36. The summed E-state index contributed by atoms with van der Waals surface area (Å²) in [6.07, 6.45) is 6.15. The highest BCUT2D eigenvalue weighted by molar-refractivity contribution is 5.78. The monoisotopic (exact) mass is 197 g/mol. The third-order valence-electron chi connectivity index (χ3n) is 2.36. The van der Waals surface area contributed by atoms with Crippen LogP contribution in [-0.4, -0.2) is 24.9 Å². The van der Waals surface area contributed by atoms with Crippen molar-refractivity contribution in [1.29, 1.82) is 0 Å². The molecule has 0 aliphatic heterocycles. The number of carbonyl (C=O) groups is 1. The second-order valence-corrected chi connectivity index (χ2v) is 4.20. The minimum absolute atomic E-state index is 0.132. The lowest BCUT2D eigenvalue weighted by molar-refractivity contribution is -0.134. The Morgan fingerprint density at radius 1 is 1.29 bits per heavy atom. The molecule has 0 aromatic carbocycles. The van der Waals surface area contributed by atoms with Crippen molar-refractivity contribution in [2.24, 2.45) is 11.8 Å². The zero-order valence-corrected chi connectivity index (χ0v) is 10.1. The molecule has 0 fully saturated rings. The molecule has 0 rings (SSSR count). The molecule has 0 aromatic heterocycles. The minimum atomic E-state index is 0.132. The maximum Gasteiger partial charge on any atom is 0.225 e. The van der Waals surface area contributed by atoms with Gasteiger partial charge in [0.25, 0.3) is 0 Å². The molecule has 0 N–H and O–H groups in total. The molecule has 2 heteroatoms. The molecule has 82 valence electrons. The molecule has 2 nitrogen and oxygen atoms in total. The van der Waals surface area contributed by atoms with Crippen LogP contribution in [0.5, 0.6) is 0 Å². The fraction of sp³-hybridized carbons (Fsp3) is 0.750. The molecule has 0 radical (unpaired) electrons. The van der Waals surface area contributed by atoms with Gasteiger partial charge < -0.3 is 4.90 Å². The molecule has 0 bridgehead atoms. The fourth-order valence-electron chi connectivity index (χ4n) is 1.40. The van der Waals surface area contributed by atoms with Crippen molar-refractivity contribution < 1.29 is 4.79 Å². The number of nitrogens with zero attached hydrogens (tertiary/aromatic N) is 1. The summed E-state index contributed by atoms with van der Waals surface area (Å²) in [5.41, 5.74) is 0. The summed E-state index contributed by atoms with van der Waals surface area (Å²) in [5, 5.41) is 0. The summed E-state index contributed by atoms with van der Waals surface area (Å²) in [6.45, 7) is 6.31. The van der Waals surface area contributed by atoms with Crippen molar-refractivity contribution in [2.45, 2.75) is 33.6 Å². The SMILES string of the molecule is CCC=CC[C@H](C(=O)N(C)C)C(C)C. The van der Waals surface area contributed by atoms with Crippen molar-refractivity contribution in [3.8, 4) is 0 Å². The Hall–Kier alpha value is -0.790. The molecule has 0 aromatic rings. The molecule has 0 aliphatic rings. The van der Waals surface area contributed by atoms with Crippen LogP contribution in [0.4, 0.5) is 0 Å². The standard InChI is InChI=1S/C12H23NO/c1-6-7-8-9-11(10(2)3)12(14)13(4)5/h7-8,10-11H,6,9H2,1-5H3/t11-/m0/s1. The minimum Gasteiger partial charge on any atom is -0.349 e. The van der Waals surface area contributed by atoms with Gasteiger partial charge in [-0.2, -0.15) is 0 Å². The molecule has 1 atom stereocenters. The van der Waals surface area contributed by atoms with E-state index in [0.717, 1.165) is 12.8 Å². The van der Waals surface area contributed by atoms with E-state index in [2.05, 4.69) is 32.9 Å². The Labute approximate surface area is 88.0 Å². The van der Waals surface area contributed by atoms with Gasteiger partial charge in [-0.3, -0.25) is 4.79 Å². The second kappa shape index (κ2) is 6.63. The van der Waals surface area contributed by atoms with Gasteiger partial charge in [0.05, 0.1) is 0 Å². The van der Waals surface area contributed by atoms with Gasteiger partial charge in [0.2, 0.25) is 5.91 Å². The van der Waals surface area contributed by atoms with E-state index in [1.54, 1.807) is 4.90 Å². The highest BCUT2D eigenvalue weighted by Gasteiger charge is 2.21. The van der Waals surface area contributed by atoms with Crippen molar-refractivity contribution in [3.63, 3.8) is 0 Å². The molecule has 0 aliphatic carbocycles.